The molecule has 1 aromatic heterocycles. The predicted octanol–water partition coefficient (Wildman–Crippen LogP) is 2.69. The van der Waals surface area contributed by atoms with E-state index in [0.29, 0.717) is 19.8 Å². The highest BCUT2D eigenvalue weighted by molar-refractivity contribution is 7.10. The number of rotatable bonds is 2. The Morgan fingerprint density at radius 2 is 2.29 bits per heavy atom. The first kappa shape index (κ1) is 16.3. The summed E-state index contributed by atoms with van der Waals surface area (Å²) in [4.78, 5) is 15.3. The molecule has 0 aliphatic carbocycles. The summed E-state index contributed by atoms with van der Waals surface area (Å²) < 4.78 is 11.0. The minimum absolute atomic E-state index is 0.192. The van der Waals surface area contributed by atoms with Crippen molar-refractivity contribution in [1.29, 1.82) is 0 Å². The number of amides is 1. The van der Waals surface area contributed by atoms with Crippen LogP contribution in [0.25, 0.3) is 0 Å². The molecule has 1 aliphatic heterocycles. The van der Waals surface area contributed by atoms with Gasteiger partial charge in [-0.1, -0.05) is 0 Å². The number of ether oxygens (including phenoxy) is 2. The summed E-state index contributed by atoms with van der Waals surface area (Å²) >= 11 is 1.66. The number of thiophene rings is 1. The van der Waals surface area contributed by atoms with Crippen molar-refractivity contribution in [3.8, 4) is 0 Å². The molecule has 1 amide bonds. The Hall–Kier alpha value is -1.11. The second kappa shape index (κ2) is 6.34. The van der Waals surface area contributed by atoms with E-state index in [0.717, 1.165) is 5.56 Å². The highest BCUT2D eigenvalue weighted by Gasteiger charge is 2.35. The predicted molar refractivity (Wildman–Crippen MR) is 83.5 cm³/mol. The Kier molecular flexibility index (Phi) is 4.91. The fourth-order valence-corrected chi connectivity index (χ4v) is 3.08. The van der Waals surface area contributed by atoms with E-state index in [2.05, 4.69) is 6.07 Å². The molecule has 1 aromatic rings. The van der Waals surface area contributed by atoms with Gasteiger partial charge in [0.05, 0.1) is 25.3 Å². The van der Waals surface area contributed by atoms with Crippen LogP contribution < -0.4 is 5.73 Å². The summed E-state index contributed by atoms with van der Waals surface area (Å²) in [5.74, 6) is 0. The lowest BCUT2D eigenvalue weighted by molar-refractivity contribution is -0.0381. The van der Waals surface area contributed by atoms with Crippen LogP contribution in [0.4, 0.5) is 4.79 Å². The van der Waals surface area contributed by atoms with Gasteiger partial charge in [-0.2, -0.15) is 0 Å². The van der Waals surface area contributed by atoms with Gasteiger partial charge in [0.1, 0.15) is 5.60 Å². The minimum atomic E-state index is -0.511. The van der Waals surface area contributed by atoms with Crippen LogP contribution in [0.5, 0.6) is 0 Å². The Bertz CT molecular complexity index is 495. The monoisotopic (exact) mass is 312 g/mol. The second-order valence-electron chi connectivity index (χ2n) is 6.33. The van der Waals surface area contributed by atoms with Gasteiger partial charge in [0.15, 0.2) is 0 Å². The molecule has 2 unspecified atom stereocenters. The third-order valence-electron chi connectivity index (χ3n) is 3.34. The van der Waals surface area contributed by atoms with Gasteiger partial charge in [0.25, 0.3) is 0 Å². The zero-order valence-electron chi connectivity index (χ0n) is 13.1. The lowest BCUT2D eigenvalue weighted by Crippen LogP contribution is -2.54. The summed E-state index contributed by atoms with van der Waals surface area (Å²) in [5.41, 5.74) is 6.88. The number of nitrogens with two attached hydrogens (primary N) is 1. The molecular formula is C15H24N2O3S. The molecule has 0 aromatic carbocycles. The van der Waals surface area contributed by atoms with Crippen molar-refractivity contribution in [1.82, 2.24) is 4.90 Å². The van der Waals surface area contributed by atoms with Crippen LogP contribution in [-0.4, -0.2) is 42.4 Å². The maximum Gasteiger partial charge on any atom is 0.410 e. The Labute approximate surface area is 130 Å². The summed E-state index contributed by atoms with van der Waals surface area (Å²) in [5, 5.41) is 2.04. The van der Waals surface area contributed by atoms with Crippen molar-refractivity contribution < 1.29 is 14.3 Å². The zero-order valence-corrected chi connectivity index (χ0v) is 13.9. The van der Waals surface area contributed by atoms with E-state index in [1.807, 2.05) is 33.1 Å². The highest BCUT2D eigenvalue weighted by atomic mass is 32.1. The Balaban J connectivity index is 2.13. The SMILES string of the molecule is Cc1cc(C(N)C2COCCN2C(=O)OC(C)(C)C)cs1. The van der Waals surface area contributed by atoms with Gasteiger partial charge < -0.3 is 15.2 Å². The summed E-state index contributed by atoms with van der Waals surface area (Å²) in [7, 11) is 0. The molecule has 1 saturated heterocycles. The maximum atomic E-state index is 12.4. The van der Waals surface area contributed by atoms with Crippen LogP contribution in [0.3, 0.4) is 0 Å². The highest BCUT2D eigenvalue weighted by Crippen LogP contribution is 2.26. The molecule has 2 atom stereocenters. The molecule has 0 radical (unpaired) electrons. The number of nitrogens with zero attached hydrogens (tertiary/aromatic N) is 1. The van der Waals surface area contributed by atoms with Crippen LogP contribution in [-0.2, 0) is 9.47 Å². The molecule has 2 heterocycles. The molecule has 21 heavy (non-hydrogen) atoms. The number of hydrogen-bond donors (Lipinski definition) is 1. The van der Waals surface area contributed by atoms with E-state index in [-0.39, 0.29) is 18.2 Å². The largest absolute Gasteiger partial charge is 0.444 e. The average molecular weight is 312 g/mol. The average Bonchev–Trinajstić information content (AvgIpc) is 2.82. The topological polar surface area (TPSA) is 64.8 Å². The van der Waals surface area contributed by atoms with Gasteiger partial charge in [-0.15, -0.1) is 11.3 Å². The quantitative estimate of drug-likeness (QED) is 0.912. The maximum absolute atomic E-state index is 12.4. The number of carbonyl (C=O) groups excluding carboxylic acids is 1. The summed E-state index contributed by atoms with van der Waals surface area (Å²) in [6.07, 6.45) is -0.321. The molecule has 118 valence electrons. The molecular weight excluding hydrogens is 288 g/mol. The van der Waals surface area contributed by atoms with Gasteiger partial charge in [0.2, 0.25) is 0 Å². The normalized spacial score (nSPS) is 21.2. The summed E-state index contributed by atoms with van der Waals surface area (Å²) in [6.45, 7) is 9.11. The minimum Gasteiger partial charge on any atom is -0.444 e. The number of morpholine rings is 1. The second-order valence-corrected chi connectivity index (χ2v) is 7.45. The van der Waals surface area contributed by atoms with Crippen LogP contribution in [0.1, 0.15) is 37.3 Å². The van der Waals surface area contributed by atoms with Crippen molar-refractivity contribution in [3.63, 3.8) is 0 Å². The van der Waals surface area contributed by atoms with Crippen molar-refractivity contribution >= 4 is 17.4 Å². The van der Waals surface area contributed by atoms with Crippen molar-refractivity contribution in [2.45, 2.75) is 45.4 Å². The van der Waals surface area contributed by atoms with E-state index in [9.17, 15) is 4.79 Å². The molecule has 0 spiro atoms. The Morgan fingerprint density at radius 3 is 2.86 bits per heavy atom. The number of hydrogen-bond acceptors (Lipinski definition) is 5. The molecule has 2 rings (SSSR count). The number of carbonyl (C=O) groups is 1. The van der Waals surface area contributed by atoms with Crippen LogP contribution in [0, 0.1) is 6.92 Å². The van der Waals surface area contributed by atoms with E-state index in [1.54, 1.807) is 16.2 Å². The van der Waals surface area contributed by atoms with Gasteiger partial charge >= 0.3 is 6.09 Å². The first-order valence-electron chi connectivity index (χ1n) is 7.16. The zero-order chi connectivity index (χ0) is 15.6. The van der Waals surface area contributed by atoms with Gasteiger partial charge in [-0.3, -0.25) is 4.90 Å². The van der Waals surface area contributed by atoms with Crippen molar-refractivity contribution in [3.05, 3.63) is 21.9 Å². The Morgan fingerprint density at radius 1 is 1.57 bits per heavy atom. The molecule has 6 heteroatoms. The summed E-state index contributed by atoms with van der Waals surface area (Å²) in [6, 6.07) is 1.61. The molecule has 1 aliphatic rings. The molecule has 5 nitrogen and oxygen atoms in total. The van der Waals surface area contributed by atoms with Crippen molar-refractivity contribution in [2.24, 2.45) is 5.73 Å². The number of aryl methyl sites for hydroxylation is 1. The standard InChI is InChI=1S/C15H24N2O3S/c1-10-7-11(9-21-10)13(16)12-8-19-6-5-17(12)14(18)20-15(2,3)4/h7,9,12-13H,5-6,8,16H2,1-4H3. The first-order valence-corrected chi connectivity index (χ1v) is 8.04. The van der Waals surface area contributed by atoms with E-state index < -0.39 is 5.60 Å². The first-order chi connectivity index (χ1) is 9.78. The van der Waals surface area contributed by atoms with Crippen molar-refractivity contribution in [2.75, 3.05) is 19.8 Å². The molecule has 2 N–H and O–H groups in total. The smallest absolute Gasteiger partial charge is 0.410 e. The fraction of sp³-hybridized carbons (Fsp3) is 0.667. The van der Waals surface area contributed by atoms with Gasteiger partial charge in [-0.05, 0) is 44.7 Å². The fourth-order valence-electron chi connectivity index (χ4n) is 2.33. The van der Waals surface area contributed by atoms with Gasteiger partial charge in [-0.25, -0.2) is 4.79 Å². The third-order valence-corrected chi connectivity index (χ3v) is 4.22. The van der Waals surface area contributed by atoms with E-state index in [1.165, 1.54) is 4.88 Å². The lowest BCUT2D eigenvalue weighted by atomic mass is 10.0. The van der Waals surface area contributed by atoms with Gasteiger partial charge in [0, 0.05) is 11.4 Å². The van der Waals surface area contributed by atoms with E-state index in [4.69, 9.17) is 15.2 Å². The van der Waals surface area contributed by atoms with Crippen LogP contribution in [0.15, 0.2) is 11.4 Å². The van der Waals surface area contributed by atoms with Crippen LogP contribution in [0.2, 0.25) is 0 Å². The van der Waals surface area contributed by atoms with E-state index >= 15 is 0 Å². The third kappa shape index (κ3) is 4.18. The van der Waals surface area contributed by atoms with Crippen LogP contribution >= 0.6 is 11.3 Å². The molecule has 0 bridgehead atoms. The molecule has 0 saturated carbocycles. The molecule has 1 fully saturated rings. The lowest BCUT2D eigenvalue weighted by Gasteiger charge is -2.39.